The largest absolute Gasteiger partial charge is 0.372 e. The highest BCUT2D eigenvalue weighted by molar-refractivity contribution is 5.91. The van der Waals surface area contributed by atoms with Gasteiger partial charge in [-0.05, 0) is 31.2 Å². The SMILES string of the molecule is CCOCC(=O)Nc1ccc(C#CCN)cc1. The predicted octanol–water partition coefficient (Wildman–Crippen LogP) is 0.972. The molecule has 1 aromatic carbocycles. The minimum atomic E-state index is -0.160. The van der Waals surface area contributed by atoms with Crippen molar-refractivity contribution in [1.29, 1.82) is 0 Å². The molecule has 0 atom stereocenters. The van der Waals surface area contributed by atoms with Gasteiger partial charge in [0.25, 0.3) is 0 Å². The third-order valence-electron chi connectivity index (χ3n) is 1.94. The zero-order chi connectivity index (χ0) is 12.5. The summed E-state index contributed by atoms with van der Waals surface area (Å²) in [6, 6.07) is 7.26. The smallest absolute Gasteiger partial charge is 0.250 e. The van der Waals surface area contributed by atoms with E-state index < -0.39 is 0 Å². The van der Waals surface area contributed by atoms with Crippen molar-refractivity contribution in [3.8, 4) is 11.8 Å². The summed E-state index contributed by atoms with van der Waals surface area (Å²) in [7, 11) is 0. The zero-order valence-electron chi connectivity index (χ0n) is 9.82. The average molecular weight is 232 g/mol. The van der Waals surface area contributed by atoms with Crippen LogP contribution in [-0.2, 0) is 9.53 Å². The van der Waals surface area contributed by atoms with Crippen LogP contribution in [0, 0.1) is 11.8 Å². The number of carbonyl (C=O) groups is 1. The Morgan fingerprint density at radius 3 is 2.71 bits per heavy atom. The first kappa shape index (κ1) is 13.2. The van der Waals surface area contributed by atoms with Crippen LogP contribution >= 0.6 is 0 Å². The Hall–Kier alpha value is -1.83. The molecule has 0 heterocycles. The molecule has 1 rings (SSSR count). The Morgan fingerprint density at radius 2 is 2.12 bits per heavy atom. The van der Waals surface area contributed by atoms with E-state index in [4.69, 9.17) is 10.5 Å². The molecule has 1 aromatic rings. The number of benzene rings is 1. The Morgan fingerprint density at radius 1 is 1.41 bits per heavy atom. The molecule has 0 aromatic heterocycles. The maximum Gasteiger partial charge on any atom is 0.250 e. The maximum absolute atomic E-state index is 11.3. The quantitative estimate of drug-likeness (QED) is 0.760. The lowest BCUT2D eigenvalue weighted by Crippen LogP contribution is -2.18. The molecule has 90 valence electrons. The highest BCUT2D eigenvalue weighted by Gasteiger charge is 2.01. The summed E-state index contributed by atoms with van der Waals surface area (Å²) in [6.45, 7) is 2.79. The number of amides is 1. The first-order valence-corrected chi connectivity index (χ1v) is 5.43. The second-order valence-electron chi connectivity index (χ2n) is 3.27. The molecule has 0 unspecified atom stereocenters. The van der Waals surface area contributed by atoms with Gasteiger partial charge in [0.05, 0.1) is 6.54 Å². The van der Waals surface area contributed by atoms with Gasteiger partial charge in [0.2, 0.25) is 5.91 Å². The van der Waals surface area contributed by atoms with Crippen molar-refractivity contribution in [2.24, 2.45) is 5.73 Å². The van der Waals surface area contributed by atoms with Gasteiger partial charge in [-0.25, -0.2) is 0 Å². The van der Waals surface area contributed by atoms with Crippen molar-refractivity contribution in [2.75, 3.05) is 25.1 Å². The standard InChI is InChI=1S/C13H16N2O2/c1-2-17-10-13(16)15-12-7-5-11(6-8-12)4-3-9-14/h5-8H,2,9-10,14H2,1H3,(H,15,16). The molecule has 0 aliphatic heterocycles. The van der Waals surface area contributed by atoms with Crippen molar-refractivity contribution < 1.29 is 9.53 Å². The maximum atomic E-state index is 11.3. The molecule has 0 radical (unpaired) electrons. The van der Waals surface area contributed by atoms with E-state index in [0.29, 0.717) is 13.2 Å². The molecule has 17 heavy (non-hydrogen) atoms. The number of nitrogens with one attached hydrogen (secondary N) is 1. The second kappa shape index (κ2) is 7.44. The van der Waals surface area contributed by atoms with Crippen LogP contribution in [0.15, 0.2) is 24.3 Å². The lowest BCUT2D eigenvalue weighted by Gasteiger charge is -2.04. The fraction of sp³-hybridized carbons (Fsp3) is 0.308. The summed E-state index contributed by atoms with van der Waals surface area (Å²) in [5.74, 6) is 5.51. The van der Waals surface area contributed by atoms with E-state index in [1.54, 1.807) is 12.1 Å². The van der Waals surface area contributed by atoms with Gasteiger partial charge in [-0.3, -0.25) is 4.79 Å². The van der Waals surface area contributed by atoms with Crippen molar-refractivity contribution in [1.82, 2.24) is 0 Å². The van der Waals surface area contributed by atoms with Crippen molar-refractivity contribution in [2.45, 2.75) is 6.92 Å². The first-order valence-electron chi connectivity index (χ1n) is 5.43. The average Bonchev–Trinajstić information content (AvgIpc) is 2.35. The van der Waals surface area contributed by atoms with Crippen LogP contribution in [0.5, 0.6) is 0 Å². The van der Waals surface area contributed by atoms with Crippen molar-refractivity contribution in [3.05, 3.63) is 29.8 Å². The summed E-state index contributed by atoms with van der Waals surface area (Å²) < 4.78 is 5.00. The molecular weight excluding hydrogens is 216 g/mol. The van der Waals surface area contributed by atoms with Crippen molar-refractivity contribution >= 4 is 11.6 Å². The van der Waals surface area contributed by atoms with E-state index in [1.807, 2.05) is 19.1 Å². The van der Waals surface area contributed by atoms with Gasteiger partial charge in [-0.1, -0.05) is 11.8 Å². The zero-order valence-corrected chi connectivity index (χ0v) is 9.82. The van der Waals surface area contributed by atoms with Gasteiger partial charge < -0.3 is 15.8 Å². The second-order valence-corrected chi connectivity index (χ2v) is 3.27. The van der Waals surface area contributed by atoms with Gasteiger partial charge in [0.15, 0.2) is 0 Å². The molecule has 0 bridgehead atoms. The van der Waals surface area contributed by atoms with Gasteiger partial charge in [0.1, 0.15) is 6.61 Å². The fourth-order valence-electron chi connectivity index (χ4n) is 1.18. The summed E-state index contributed by atoms with van der Waals surface area (Å²) in [4.78, 5) is 11.3. The number of hydrogen-bond acceptors (Lipinski definition) is 3. The summed E-state index contributed by atoms with van der Waals surface area (Å²) in [6.07, 6.45) is 0. The molecule has 0 aliphatic carbocycles. The van der Waals surface area contributed by atoms with Crippen molar-refractivity contribution in [3.63, 3.8) is 0 Å². The van der Waals surface area contributed by atoms with Crippen LogP contribution in [0.1, 0.15) is 12.5 Å². The highest BCUT2D eigenvalue weighted by Crippen LogP contribution is 2.08. The van der Waals surface area contributed by atoms with Crippen LogP contribution in [0.4, 0.5) is 5.69 Å². The molecule has 4 heteroatoms. The molecule has 3 N–H and O–H groups in total. The van der Waals surface area contributed by atoms with E-state index in [9.17, 15) is 4.79 Å². The van der Waals surface area contributed by atoms with Gasteiger partial charge in [0, 0.05) is 17.9 Å². The Labute approximate surface area is 101 Å². The monoisotopic (exact) mass is 232 g/mol. The predicted molar refractivity (Wildman–Crippen MR) is 67.5 cm³/mol. The number of hydrogen-bond donors (Lipinski definition) is 2. The summed E-state index contributed by atoms with van der Waals surface area (Å²) >= 11 is 0. The Bertz CT molecular complexity index is 415. The Balaban J connectivity index is 2.53. The van der Waals surface area contributed by atoms with E-state index in [-0.39, 0.29) is 12.5 Å². The third-order valence-corrected chi connectivity index (χ3v) is 1.94. The van der Waals surface area contributed by atoms with Crippen LogP contribution in [0.3, 0.4) is 0 Å². The minimum Gasteiger partial charge on any atom is -0.372 e. The molecule has 0 fully saturated rings. The van der Waals surface area contributed by atoms with Gasteiger partial charge >= 0.3 is 0 Å². The molecule has 0 spiro atoms. The van der Waals surface area contributed by atoms with Crippen LogP contribution in [-0.4, -0.2) is 25.7 Å². The molecule has 0 saturated heterocycles. The lowest BCUT2D eigenvalue weighted by molar-refractivity contribution is -0.120. The summed E-state index contributed by atoms with van der Waals surface area (Å²) in [5, 5.41) is 2.72. The lowest BCUT2D eigenvalue weighted by atomic mass is 10.2. The number of rotatable bonds is 4. The van der Waals surface area contributed by atoms with E-state index in [2.05, 4.69) is 17.2 Å². The Kier molecular flexibility index (Phi) is 5.80. The number of nitrogens with two attached hydrogens (primary N) is 1. The third kappa shape index (κ3) is 5.16. The normalized spacial score (nSPS) is 9.29. The molecule has 0 aliphatic rings. The first-order chi connectivity index (χ1) is 8.26. The number of carbonyl (C=O) groups excluding carboxylic acids is 1. The molecule has 4 nitrogen and oxygen atoms in total. The minimum absolute atomic E-state index is 0.0746. The topological polar surface area (TPSA) is 64.3 Å². The van der Waals surface area contributed by atoms with Crippen LogP contribution < -0.4 is 11.1 Å². The molecule has 1 amide bonds. The van der Waals surface area contributed by atoms with E-state index >= 15 is 0 Å². The van der Waals surface area contributed by atoms with E-state index in [1.165, 1.54) is 0 Å². The van der Waals surface area contributed by atoms with Gasteiger partial charge in [-0.2, -0.15) is 0 Å². The van der Waals surface area contributed by atoms with E-state index in [0.717, 1.165) is 11.3 Å². The fourth-order valence-corrected chi connectivity index (χ4v) is 1.18. The summed E-state index contributed by atoms with van der Waals surface area (Å²) in [5.41, 5.74) is 6.88. The highest BCUT2D eigenvalue weighted by atomic mass is 16.5. The number of ether oxygens (including phenoxy) is 1. The molecule has 0 saturated carbocycles. The van der Waals surface area contributed by atoms with Crippen LogP contribution in [0.2, 0.25) is 0 Å². The molecular formula is C13H16N2O2. The van der Waals surface area contributed by atoms with Gasteiger partial charge in [-0.15, -0.1) is 0 Å². The number of anilines is 1. The van der Waals surface area contributed by atoms with Crippen LogP contribution in [0.25, 0.3) is 0 Å².